The van der Waals surface area contributed by atoms with Crippen molar-refractivity contribution in [2.24, 2.45) is 0 Å². The monoisotopic (exact) mass is 518 g/mol. The molecule has 1 aliphatic heterocycles. The van der Waals surface area contributed by atoms with Gasteiger partial charge in [0, 0.05) is 31.0 Å². The summed E-state index contributed by atoms with van der Waals surface area (Å²) < 4.78 is 27.2. The van der Waals surface area contributed by atoms with Gasteiger partial charge >= 0.3 is 0 Å². The average molecular weight is 519 g/mol. The summed E-state index contributed by atoms with van der Waals surface area (Å²) in [4.78, 5) is 26.8. The van der Waals surface area contributed by atoms with Crippen molar-refractivity contribution in [2.75, 3.05) is 35.6 Å². The molecule has 0 spiro atoms. The van der Waals surface area contributed by atoms with Crippen LogP contribution in [0.15, 0.2) is 78.9 Å². The van der Waals surface area contributed by atoms with Crippen LogP contribution in [0.25, 0.3) is 11.3 Å². The number of anilines is 3. The summed E-state index contributed by atoms with van der Waals surface area (Å²) in [5, 5.41) is 5.59. The third-order valence-corrected chi connectivity index (χ3v) is 8.24. The number of hydrogen-bond acceptors (Lipinski definition) is 5. The van der Waals surface area contributed by atoms with Gasteiger partial charge in [-0.15, -0.1) is 0 Å². The Morgan fingerprint density at radius 1 is 0.919 bits per heavy atom. The van der Waals surface area contributed by atoms with Crippen LogP contribution in [-0.4, -0.2) is 51.0 Å². The summed E-state index contributed by atoms with van der Waals surface area (Å²) in [7, 11) is -0.573. The van der Waals surface area contributed by atoms with Crippen LogP contribution in [-0.2, 0) is 19.6 Å². The van der Waals surface area contributed by atoms with Gasteiger partial charge in [0.15, 0.2) is 0 Å². The Morgan fingerprint density at radius 3 is 2.16 bits per heavy atom. The largest absolute Gasteiger partial charge is 0.354 e. The van der Waals surface area contributed by atoms with Crippen LogP contribution in [0, 0.1) is 0 Å². The number of nitrogens with one attached hydrogen (secondary N) is 2. The Labute approximate surface area is 217 Å². The van der Waals surface area contributed by atoms with Crippen molar-refractivity contribution in [3.8, 4) is 0 Å². The zero-order chi connectivity index (χ0) is 26.7. The molecule has 1 aliphatic rings. The van der Waals surface area contributed by atoms with E-state index < -0.39 is 15.3 Å². The zero-order valence-electron chi connectivity index (χ0n) is 21.2. The fraction of sp³-hybridized carbons (Fsp3) is 0.214. The molecule has 0 fully saturated rings. The molecule has 3 aromatic carbocycles. The predicted molar refractivity (Wildman–Crippen MR) is 148 cm³/mol. The SMILES string of the molecule is CC(C)S(=O)(=O)N(CC(=O)N(C)C)c1ccc(NC(=C2C(=O)Nc3ccccc32)c2ccccc2)cc1. The second-order valence-corrected chi connectivity index (χ2v) is 11.6. The minimum atomic E-state index is -3.75. The van der Waals surface area contributed by atoms with Crippen LogP contribution < -0.4 is 14.9 Å². The molecule has 192 valence electrons. The van der Waals surface area contributed by atoms with Gasteiger partial charge in [0.2, 0.25) is 15.9 Å². The molecule has 0 bridgehead atoms. The maximum Gasteiger partial charge on any atom is 0.258 e. The van der Waals surface area contributed by atoms with E-state index in [9.17, 15) is 18.0 Å². The normalized spacial score (nSPS) is 14.1. The molecule has 4 rings (SSSR count). The Bertz CT molecular complexity index is 1450. The summed E-state index contributed by atoms with van der Waals surface area (Å²) in [5.41, 5.74) is 4.56. The molecule has 0 saturated heterocycles. The van der Waals surface area contributed by atoms with Gasteiger partial charge in [-0.25, -0.2) is 8.42 Å². The smallest absolute Gasteiger partial charge is 0.258 e. The van der Waals surface area contributed by atoms with Gasteiger partial charge in [0.1, 0.15) is 6.54 Å². The van der Waals surface area contributed by atoms with Gasteiger partial charge in [0.05, 0.1) is 22.2 Å². The first-order chi connectivity index (χ1) is 17.6. The number of likely N-dealkylation sites (N-methyl/N-ethyl adjacent to an activating group) is 1. The number of rotatable bonds is 8. The lowest BCUT2D eigenvalue weighted by molar-refractivity contribution is -0.127. The first kappa shape index (κ1) is 26.0. The molecule has 0 aromatic heterocycles. The highest BCUT2D eigenvalue weighted by atomic mass is 32.2. The van der Waals surface area contributed by atoms with Crippen LogP contribution in [0.3, 0.4) is 0 Å². The third-order valence-electron chi connectivity index (χ3n) is 6.09. The van der Waals surface area contributed by atoms with Crippen molar-refractivity contribution in [2.45, 2.75) is 19.1 Å². The van der Waals surface area contributed by atoms with Crippen molar-refractivity contribution in [3.05, 3.63) is 90.0 Å². The molecule has 0 unspecified atom stereocenters. The maximum absolute atomic E-state index is 13.1. The van der Waals surface area contributed by atoms with Crippen LogP contribution in [0.5, 0.6) is 0 Å². The molecule has 3 aromatic rings. The highest BCUT2D eigenvalue weighted by Crippen LogP contribution is 2.37. The Morgan fingerprint density at radius 2 is 1.54 bits per heavy atom. The van der Waals surface area contributed by atoms with E-state index in [1.807, 2.05) is 54.6 Å². The van der Waals surface area contributed by atoms with E-state index in [0.717, 1.165) is 21.1 Å². The lowest BCUT2D eigenvalue weighted by Gasteiger charge is -2.27. The number of nitrogens with zero attached hydrogens (tertiary/aromatic N) is 2. The minimum absolute atomic E-state index is 0.208. The molecule has 37 heavy (non-hydrogen) atoms. The fourth-order valence-electron chi connectivity index (χ4n) is 3.95. The number of sulfonamides is 1. The summed E-state index contributed by atoms with van der Waals surface area (Å²) >= 11 is 0. The number of hydrogen-bond donors (Lipinski definition) is 2. The van der Waals surface area contributed by atoms with Crippen LogP contribution in [0.4, 0.5) is 17.1 Å². The van der Waals surface area contributed by atoms with Gasteiger partial charge in [-0.1, -0.05) is 48.5 Å². The van der Waals surface area contributed by atoms with Crippen LogP contribution in [0.1, 0.15) is 25.0 Å². The van der Waals surface area contributed by atoms with Gasteiger partial charge in [-0.3, -0.25) is 13.9 Å². The van der Waals surface area contributed by atoms with Crippen LogP contribution in [0.2, 0.25) is 0 Å². The van der Waals surface area contributed by atoms with Gasteiger partial charge in [-0.2, -0.15) is 0 Å². The van der Waals surface area contributed by atoms with Crippen molar-refractivity contribution in [1.82, 2.24) is 4.90 Å². The summed E-state index contributed by atoms with van der Waals surface area (Å²) in [6, 6.07) is 23.8. The minimum Gasteiger partial charge on any atom is -0.354 e. The number of fused-ring (bicyclic) bond motifs is 1. The number of amides is 2. The highest BCUT2D eigenvalue weighted by Gasteiger charge is 2.30. The van der Waals surface area contributed by atoms with E-state index in [1.54, 1.807) is 52.2 Å². The maximum atomic E-state index is 13.1. The lowest BCUT2D eigenvalue weighted by atomic mass is 10.00. The number of carbonyl (C=O) groups is 2. The molecular formula is C28H30N4O4S. The van der Waals surface area contributed by atoms with E-state index in [1.165, 1.54) is 4.90 Å². The predicted octanol–water partition coefficient (Wildman–Crippen LogP) is 4.25. The first-order valence-corrected chi connectivity index (χ1v) is 13.4. The highest BCUT2D eigenvalue weighted by molar-refractivity contribution is 7.93. The van der Waals surface area contributed by atoms with Crippen molar-refractivity contribution in [3.63, 3.8) is 0 Å². The zero-order valence-corrected chi connectivity index (χ0v) is 22.0. The molecule has 9 heteroatoms. The molecule has 1 heterocycles. The topological polar surface area (TPSA) is 98.8 Å². The summed E-state index contributed by atoms with van der Waals surface area (Å²) in [6.45, 7) is 2.87. The summed E-state index contributed by atoms with van der Waals surface area (Å²) in [5.74, 6) is -0.533. The van der Waals surface area contributed by atoms with E-state index >= 15 is 0 Å². The fourth-order valence-corrected chi connectivity index (χ4v) is 5.17. The standard InChI is InChI=1S/C28H30N4O4S/c1-19(2)37(35,36)32(18-25(33)31(3)4)22-16-14-21(15-17-22)29-27(20-10-6-5-7-11-20)26-23-12-8-9-13-24(23)30-28(26)34/h5-17,19,29H,18H2,1-4H3,(H,30,34). The van der Waals surface area contributed by atoms with E-state index in [0.29, 0.717) is 22.6 Å². The van der Waals surface area contributed by atoms with E-state index in [-0.39, 0.29) is 18.4 Å². The average Bonchev–Trinajstić information content (AvgIpc) is 3.21. The molecule has 0 aliphatic carbocycles. The molecule has 8 nitrogen and oxygen atoms in total. The van der Waals surface area contributed by atoms with Crippen molar-refractivity contribution < 1.29 is 18.0 Å². The van der Waals surface area contributed by atoms with E-state index in [2.05, 4.69) is 10.6 Å². The first-order valence-electron chi connectivity index (χ1n) is 11.9. The Balaban J connectivity index is 1.73. The second kappa shape index (κ2) is 10.5. The second-order valence-electron chi connectivity index (χ2n) is 9.18. The molecule has 0 saturated carbocycles. The Kier molecular flexibility index (Phi) is 7.35. The lowest BCUT2D eigenvalue weighted by Crippen LogP contribution is -2.43. The molecular weight excluding hydrogens is 488 g/mol. The number of benzene rings is 3. The van der Waals surface area contributed by atoms with Crippen LogP contribution >= 0.6 is 0 Å². The quantitative estimate of drug-likeness (QED) is 0.435. The molecule has 2 N–H and O–H groups in total. The molecule has 0 atom stereocenters. The molecule has 0 radical (unpaired) electrons. The van der Waals surface area contributed by atoms with Crippen molar-refractivity contribution >= 4 is 50.2 Å². The van der Waals surface area contributed by atoms with Gasteiger partial charge in [0.25, 0.3) is 5.91 Å². The number of para-hydroxylation sites is 1. The van der Waals surface area contributed by atoms with Gasteiger partial charge < -0.3 is 15.5 Å². The summed E-state index contributed by atoms with van der Waals surface area (Å²) in [6.07, 6.45) is 0. The van der Waals surface area contributed by atoms with E-state index in [4.69, 9.17) is 0 Å². The number of carbonyl (C=O) groups excluding carboxylic acids is 2. The van der Waals surface area contributed by atoms with Crippen molar-refractivity contribution in [1.29, 1.82) is 0 Å². The third kappa shape index (κ3) is 5.36. The molecule has 2 amide bonds. The van der Waals surface area contributed by atoms with Gasteiger partial charge in [-0.05, 0) is 49.7 Å². The Hall–Kier alpha value is -4.11.